The van der Waals surface area contributed by atoms with Crippen LogP contribution in [0.25, 0.3) is 10.4 Å². The smallest absolute Gasteiger partial charge is 0.350 e. The number of hydrogen-bond acceptors (Lipinski definition) is 5. The van der Waals surface area contributed by atoms with Gasteiger partial charge in [0.05, 0.1) is 19.9 Å². The number of rotatable bonds is 3. The molecule has 0 bridgehead atoms. The van der Waals surface area contributed by atoms with Gasteiger partial charge in [0.2, 0.25) is 0 Å². The lowest BCUT2D eigenvalue weighted by molar-refractivity contribution is 0.0607. The monoisotopic (exact) mass is 281 g/mol. The van der Waals surface area contributed by atoms with E-state index in [4.69, 9.17) is 10.5 Å². The Kier molecular flexibility index (Phi) is 3.71. The van der Waals surface area contributed by atoms with Crippen LogP contribution in [0.15, 0.2) is 24.3 Å². The van der Waals surface area contributed by atoms with Gasteiger partial charge in [-0.1, -0.05) is 0 Å². The summed E-state index contributed by atoms with van der Waals surface area (Å²) in [5.41, 5.74) is 6.37. The fraction of sp³-hybridized carbons (Fsp3) is 0.154. The number of esters is 1. The average Bonchev–Trinajstić information content (AvgIpc) is 2.79. The highest BCUT2D eigenvalue weighted by molar-refractivity contribution is 7.18. The zero-order chi connectivity index (χ0) is 14.0. The first-order valence-corrected chi connectivity index (χ1v) is 6.20. The van der Waals surface area contributed by atoms with E-state index in [2.05, 4.69) is 4.74 Å². The highest BCUT2D eigenvalue weighted by Crippen LogP contribution is 2.35. The number of anilines is 1. The van der Waals surface area contributed by atoms with E-state index in [-0.39, 0.29) is 10.6 Å². The van der Waals surface area contributed by atoms with E-state index in [0.717, 1.165) is 11.3 Å². The van der Waals surface area contributed by atoms with Gasteiger partial charge in [-0.05, 0) is 18.2 Å². The molecule has 100 valence electrons. The minimum atomic E-state index is -0.525. The molecule has 0 amide bonds. The van der Waals surface area contributed by atoms with Crippen molar-refractivity contribution < 1.29 is 18.7 Å². The third kappa shape index (κ3) is 2.53. The van der Waals surface area contributed by atoms with E-state index < -0.39 is 11.8 Å². The second kappa shape index (κ2) is 5.27. The molecule has 0 saturated heterocycles. The maximum atomic E-state index is 13.9. The molecule has 0 unspecified atom stereocenters. The van der Waals surface area contributed by atoms with Gasteiger partial charge in [-0.3, -0.25) is 0 Å². The lowest BCUT2D eigenvalue weighted by Crippen LogP contribution is -2.00. The van der Waals surface area contributed by atoms with Gasteiger partial charge in [0.1, 0.15) is 16.4 Å². The van der Waals surface area contributed by atoms with E-state index in [9.17, 15) is 9.18 Å². The number of benzene rings is 1. The van der Waals surface area contributed by atoms with Gasteiger partial charge in [-0.2, -0.15) is 0 Å². The topological polar surface area (TPSA) is 61.5 Å². The highest BCUT2D eigenvalue weighted by atomic mass is 32.1. The molecule has 2 aromatic rings. The van der Waals surface area contributed by atoms with Crippen LogP contribution in [0.1, 0.15) is 9.67 Å². The Hall–Kier alpha value is -2.08. The van der Waals surface area contributed by atoms with E-state index >= 15 is 0 Å². The van der Waals surface area contributed by atoms with Gasteiger partial charge in [0, 0.05) is 16.5 Å². The summed E-state index contributed by atoms with van der Waals surface area (Å²) < 4.78 is 23.5. The summed E-state index contributed by atoms with van der Waals surface area (Å²) in [5, 5.41) is 0. The van der Waals surface area contributed by atoms with E-state index in [1.165, 1.54) is 20.3 Å². The lowest BCUT2D eigenvalue weighted by Gasteiger charge is -2.03. The molecular weight excluding hydrogens is 269 g/mol. The van der Waals surface area contributed by atoms with Crippen molar-refractivity contribution in [2.75, 3.05) is 20.0 Å². The molecule has 6 heteroatoms. The summed E-state index contributed by atoms with van der Waals surface area (Å²) in [6.45, 7) is 0. The van der Waals surface area contributed by atoms with Gasteiger partial charge in [0.15, 0.2) is 0 Å². The van der Waals surface area contributed by atoms with Crippen LogP contribution in [-0.4, -0.2) is 20.2 Å². The van der Waals surface area contributed by atoms with Crippen LogP contribution in [0.3, 0.4) is 0 Å². The second-order valence-electron chi connectivity index (χ2n) is 3.73. The molecule has 4 nitrogen and oxygen atoms in total. The number of carbonyl (C=O) groups is 1. The van der Waals surface area contributed by atoms with Crippen LogP contribution < -0.4 is 10.5 Å². The Morgan fingerprint density at radius 3 is 2.63 bits per heavy atom. The normalized spacial score (nSPS) is 10.3. The Bertz CT molecular complexity index is 624. The maximum absolute atomic E-state index is 13.9. The Labute approximate surface area is 113 Å². The molecule has 1 aromatic carbocycles. The summed E-state index contributed by atoms with van der Waals surface area (Å²) in [6.07, 6.45) is 0. The van der Waals surface area contributed by atoms with Crippen molar-refractivity contribution >= 4 is 23.0 Å². The molecule has 0 fully saturated rings. The van der Waals surface area contributed by atoms with E-state index in [1.807, 2.05) is 0 Å². The van der Waals surface area contributed by atoms with Crippen LogP contribution in [0, 0.1) is 5.82 Å². The second-order valence-corrected chi connectivity index (χ2v) is 4.78. The highest BCUT2D eigenvalue weighted by Gasteiger charge is 2.17. The zero-order valence-corrected chi connectivity index (χ0v) is 11.2. The summed E-state index contributed by atoms with van der Waals surface area (Å²) in [6, 6.07) is 6.07. The van der Waals surface area contributed by atoms with Crippen LogP contribution >= 0.6 is 11.3 Å². The minimum absolute atomic E-state index is 0.271. The van der Waals surface area contributed by atoms with Crippen molar-refractivity contribution in [3.05, 3.63) is 35.0 Å². The Morgan fingerprint density at radius 2 is 2.05 bits per heavy atom. The first-order valence-electron chi connectivity index (χ1n) is 5.38. The number of nitrogen functional groups attached to an aromatic ring is 1. The van der Waals surface area contributed by atoms with Gasteiger partial charge < -0.3 is 15.2 Å². The van der Waals surface area contributed by atoms with Gasteiger partial charge in [0.25, 0.3) is 0 Å². The molecule has 2 N–H and O–H groups in total. The van der Waals surface area contributed by atoms with Crippen molar-refractivity contribution in [3.8, 4) is 16.2 Å². The predicted molar refractivity (Wildman–Crippen MR) is 72.0 cm³/mol. The maximum Gasteiger partial charge on any atom is 0.350 e. The van der Waals surface area contributed by atoms with Crippen LogP contribution in [0.4, 0.5) is 10.1 Å². The SMILES string of the molecule is COC(=O)c1sc(-c2ccc(OC)cc2F)cc1N. The predicted octanol–water partition coefficient (Wildman–Crippen LogP) is 2.93. The third-order valence-electron chi connectivity index (χ3n) is 2.57. The molecule has 1 heterocycles. The van der Waals surface area contributed by atoms with E-state index in [1.54, 1.807) is 18.2 Å². The lowest BCUT2D eigenvalue weighted by atomic mass is 10.1. The molecule has 0 saturated carbocycles. The quantitative estimate of drug-likeness (QED) is 0.879. The number of ether oxygens (including phenoxy) is 2. The van der Waals surface area contributed by atoms with Crippen molar-refractivity contribution in [3.63, 3.8) is 0 Å². The first-order chi connectivity index (χ1) is 9.06. The molecule has 0 radical (unpaired) electrons. The molecule has 0 atom stereocenters. The average molecular weight is 281 g/mol. The standard InChI is InChI=1S/C13H12FNO3S/c1-17-7-3-4-8(9(14)5-7)11-6-10(15)12(19-11)13(16)18-2/h3-6H,15H2,1-2H3. The number of carbonyl (C=O) groups excluding carboxylic acids is 1. The van der Waals surface area contributed by atoms with Crippen molar-refractivity contribution in [2.24, 2.45) is 0 Å². The molecule has 19 heavy (non-hydrogen) atoms. The molecule has 0 spiro atoms. The van der Waals surface area contributed by atoms with Crippen LogP contribution in [0.5, 0.6) is 5.75 Å². The van der Waals surface area contributed by atoms with Crippen LogP contribution in [-0.2, 0) is 4.74 Å². The Morgan fingerprint density at radius 1 is 1.32 bits per heavy atom. The zero-order valence-electron chi connectivity index (χ0n) is 10.4. The summed E-state index contributed by atoms with van der Waals surface area (Å²) in [7, 11) is 2.74. The van der Waals surface area contributed by atoms with E-state index in [0.29, 0.717) is 16.2 Å². The Balaban J connectivity index is 2.45. The molecule has 0 aliphatic carbocycles. The van der Waals surface area contributed by atoms with Gasteiger partial charge in [-0.15, -0.1) is 11.3 Å². The summed E-state index contributed by atoms with van der Waals surface area (Å²) in [4.78, 5) is 12.3. The summed E-state index contributed by atoms with van der Waals surface area (Å²) in [5.74, 6) is -0.529. The van der Waals surface area contributed by atoms with Crippen LogP contribution in [0.2, 0.25) is 0 Å². The fourth-order valence-corrected chi connectivity index (χ4v) is 2.64. The number of thiophene rings is 1. The fourth-order valence-electron chi connectivity index (χ4n) is 1.61. The van der Waals surface area contributed by atoms with Gasteiger partial charge >= 0.3 is 5.97 Å². The number of nitrogens with two attached hydrogens (primary N) is 1. The minimum Gasteiger partial charge on any atom is -0.497 e. The number of methoxy groups -OCH3 is 2. The molecule has 0 aliphatic rings. The number of hydrogen-bond donors (Lipinski definition) is 1. The number of halogens is 1. The van der Waals surface area contributed by atoms with Crippen molar-refractivity contribution in [1.82, 2.24) is 0 Å². The first kappa shape index (κ1) is 13.4. The molecule has 2 rings (SSSR count). The largest absolute Gasteiger partial charge is 0.497 e. The van der Waals surface area contributed by atoms with Crippen molar-refractivity contribution in [1.29, 1.82) is 0 Å². The summed E-state index contributed by atoms with van der Waals surface area (Å²) >= 11 is 1.09. The molecule has 0 aliphatic heterocycles. The van der Waals surface area contributed by atoms with Crippen molar-refractivity contribution in [2.45, 2.75) is 0 Å². The molecular formula is C13H12FNO3S. The third-order valence-corrected chi connectivity index (χ3v) is 3.74. The molecule has 1 aromatic heterocycles. The van der Waals surface area contributed by atoms with Gasteiger partial charge in [-0.25, -0.2) is 9.18 Å².